The summed E-state index contributed by atoms with van der Waals surface area (Å²) in [5, 5.41) is 5.79. The maximum absolute atomic E-state index is 12.6. The van der Waals surface area contributed by atoms with Crippen LogP contribution in [-0.2, 0) is 27.8 Å². The van der Waals surface area contributed by atoms with Gasteiger partial charge in [0.05, 0.1) is 10.4 Å². The summed E-state index contributed by atoms with van der Waals surface area (Å²) < 4.78 is 26.3. The van der Waals surface area contributed by atoms with Crippen LogP contribution in [0, 0.1) is 0 Å². The molecule has 0 aromatic heterocycles. The van der Waals surface area contributed by atoms with E-state index >= 15 is 0 Å². The molecule has 2 heterocycles. The van der Waals surface area contributed by atoms with Crippen molar-refractivity contribution in [3.05, 3.63) is 29.3 Å². The lowest BCUT2D eigenvalue weighted by Crippen LogP contribution is -2.52. The minimum Gasteiger partial charge on any atom is -0.349 e. The van der Waals surface area contributed by atoms with Crippen LogP contribution in [0.5, 0.6) is 0 Å². The Kier molecular flexibility index (Phi) is 5.18. The topological polar surface area (TPSA) is 98.8 Å². The van der Waals surface area contributed by atoms with Gasteiger partial charge in [0, 0.05) is 40.2 Å². The molecule has 1 aromatic carbocycles. The standard InChI is InChI=1S/C18H26N4O4S/c1-18(9-7-16(23)20-18)12-19-17(24)22-10-8-14-13(11-22)5-4-6-15(14)27(25,26)21(2)3/h4-6H,7-12H2,1-3H3,(H,19,24)(H,20,23). The van der Waals surface area contributed by atoms with Crippen molar-refractivity contribution in [2.75, 3.05) is 27.2 Å². The Bertz CT molecular complexity index is 868. The number of urea groups is 1. The first-order valence-corrected chi connectivity index (χ1v) is 10.4. The molecule has 1 fully saturated rings. The van der Waals surface area contributed by atoms with Gasteiger partial charge in [0.15, 0.2) is 0 Å². The van der Waals surface area contributed by atoms with Gasteiger partial charge in [-0.25, -0.2) is 17.5 Å². The first-order valence-electron chi connectivity index (χ1n) is 8.99. The number of nitrogens with zero attached hydrogens (tertiary/aromatic N) is 2. The molecular weight excluding hydrogens is 368 g/mol. The molecule has 3 rings (SSSR count). The lowest BCUT2D eigenvalue weighted by molar-refractivity contribution is -0.119. The van der Waals surface area contributed by atoms with Crippen LogP contribution in [0.4, 0.5) is 4.79 Å². The Morgan fingerprint density at radius 3 is 2.70 bits per heavy atom. The SMILES string of the molecule is CN(C)S(=O)(=O)c1cccc2c1CCN(C(=O)NCC1(C)CCC(=O)N1)C2. The van der Waals surface area contributed by atoms with Gasteiger partial charge in [0.1, 0.15) is 0 Å². The molecule has 0 radical (unpaired) electrons. The molecule has 1 saturated heterocycles. The van der Waals surface area contributed by atoms with Gasteiger partial charge in [-0.1, -0.05) is 12.1 Å². The van der Waals surface area contributed by atoms with Crippen molar-refractivity contribution < 1.29 is 18.0 Å². The molecule has 2 N–H and O–H groups in total. The van der Waals surface area contributed by atoms with E-state index in [9.17, 15) is 18.0 Å². The van der Waals surface area contributed by atoms with Crippen LogP contribution in [0.2, 0.25) is 0 Å². The van der Waals surface area contributed by atoms with Crippen LogP contribution in [0.3, 0.4) is 0 Å². The maximum Gasteiger partial charge on any atom is 0.317 e. The smallest absolute Gasteiger partial charge is 0.317 e. The molecule has 3 amide bonds. The van der Waals surface area contributed by atoms with Gasteiger partial charge < -0.3 is 15.5 Å². The number of rotatable bonds is 4. The first-order chi connectivity index (χ1) is 12.6. The summed E-state index contributed by atoms with van der Waals surface area (Å²) in [6, 6.07) is 4.99. The predicted octanol–water partition coefficient (Wildman–Crippen LogP) is 0.673. The molecule has 0 aliphatic carbocycles. The van der Waals surface area contributed by atoms with E-state index in [1.807, 2.05) is 13.0 Å². The summed E-state index contributed by atoms with van der Waals surface area (Å²) in [6.45, 7) is 3.10. The summed E-state index contributed by atoms with van der Waals surface area (Å²) in [7, 11) is -0.490. The minimum absolute atomic E-state index is 0.00767. The van der Waals surface area contributed by atoms with Crippen LogP contribution in [-0.4, -0.2) is 62.3 Å². The number of sulfonamides is 1. The zero-order valence-electron chi connectivity index (χ0n) is 15.9. The zero-order valence-corrected chi connectivity index (χ0v) is 16.7. The monoisotopic (exact) mass is 394 g/mol. The normalized spacial score (nSPS) is 22.5. The second kappa shape index (κ2) is 7.12. The van der Waals surface area contributed by atoms with Gasteiger partial charge in [-0.3, -0.25) is 4.79 Å². The summed E-state index contributed by atoms with van der Waals surface area (Å²) in [5.41, 5.74) is 1.22. The Morgan fingerprint density at radius 2 is 2.07 bits per heavy atom. The largest absolute Gasteiger partial charge is 0.349 e. The molecule has 8 nitrogen and oxygen atoms in total. The molecule has 2 aliphatic rings. The van der Waals surface area contributed by atoms with Crippen LogP contribution in [0.1, 0.15) is 30.9 Å². The number of carbonyl (C=O) groups is 2. The molecule has 0 bridgehead atoms. The number of hydrogen-bond donors (Lipinski definition) is 2. The van der Waals surface area contributed by atoms with Crippen LogP contribution >= 0.6 is 0 Å². The average Bonchev–Trinajstić information content (AvgIpc) is 2.97. The van der Waals surface area contributed by atoms with E-state index in [4.69, 9.17) is 0 Å². The fourth-order valence-electron chi connectivity index (χ4n) is 3.55. The van der Waals surface area contributed by atoms with E-state index in [1.54, 1.807) is 17.0 Å². The lowest BCUT2D eigenvalue weighted by Gasteiger charge is -2.32. The number of nitrogens with one attached hydrogen (secondary N) is 2. The third-order valence-electron chi connectivity index (χ3n) is 5.24. The summed E-state index contributed by atoms with van der Waals surface area (Å²) in [4.78, 5) is 26.0. The number of benzene rings is 1. The van der Waals surface area contributed by atoms with Crippen LogP contribution < -0.4 is 10.6 Å². The molecule has 2 aliphatic heterocycles. The second-order valence-corrected chi connectivity index (χ2v) is 9.74. The average molecular weight is 394 g/mol. The van der Waals surface area contributed by atoms with Crippen molar-refractivity contribution in [1.29, 1.82) is 0 Å². The Morgan fingerprint density at radius 1 is 1.33 bits per heavy atom. The van der Waals surface area contributed by atoms with E-state index in [0.29, 0.717) is 43.8 Å². The third-order valence-corrected chi connectivity index (χ3v) is 7.14. The van der Waals surface area contributed by atoms with Crippen molar-refractivity contribution in [2.24, 2.45) is 0 Å². The molecule has 0 spiro atoms. The van der Waals surface area contributed by atoms with E-state index in [2.05, 4.69) is 10.6 Å². The van der Waals surface area contributed by atoms with E-state index in [-0.39, 0.29) is 11.9 Å². The fraction of sp³-hybridized carbons (Fsp3) is 0.556. The number of amides is 3. The summed E-state index contributed by atoms with van der Waals surface area (Å²) in [6.07, 6.45) is 1.66. The predicted molar refractivity (Wildman–Crippen MR) is 101 cm³/mol. The summed E-state index contributed by atoms with van der Waals surface area (Å²) >= 11 is 0. The first kappa shape index (κ1) is 19.6. The van der Waals surface area contributed by atoms with E-state index in [1.165, 1.54) is 18.4 Å². The Labute approximate surface area is 160 Å². The van der Waals surface area contributed by atoms with E-state index < -0.39 is 15.6 Å². The zero-order chi connectivity index (χ0) is 19.8. The Hall–Kier alpha value is -2.13. The van der Waals surface area contributed by atoms with Gasteiger partial charge in [-0.15, -0.1) is 0 Å². The highest BCUT2D eigenvalue weighted by molar-refractivity contribution is 7.89. The van der Waals surface area contributed by atoms with Crippen molar-refractivity contribution >= 4 is 22.0 Å². The highest BCUT2D eigenvalue weighted by Crippen LogP contribution is 2.27. The molecule has 9 heteroatoms. The molecule has 148 valence electrons. The van der Waals surface area contributed by atoms with Crippen LogP contribution in [0.15, 0.2) is 23.1 Å². The van der Waals surface area contributed by atoms with Gasteiger partial charge in [0.2, 0.25) is 15.9 Å². The molecular formula is C18H26N4O4S. The molecule has 1 atom stereocenters. The number of hydrogen-bond acceptors (Lipinski definition) is 4. The lowest BCUT2D eigenvalue weighted by atomic mass is 9.99. The van der Waals surface area contributed by atoms with Crippen molar-refractivity contribution in [2.45, 2.75) is 43.2 Å². The number of fused-ring (bicyclic) bond motifs is 1. The Balaban J connectivity index is 1.70. The van der Waals surface area contributed by atoms with Crippen molar-refractivity contribution in [3.8, 4) is 0 Å². The molecule has 27 heavy (non-hydrogen) atoms. The number of carbonyl (C=O) groups excluding carboxylic acids is 2. The quantitative estimate of drug-likeness (QED) is 0.784. The second-order valence-electron chi connectivity index (χ2n) is 7.62. The van der Waals surface area contributed by atoms with E-state index in [0.717, 1.165) is 11.1 Å². The summed E-state index contributed by atoms with van der Waals surface area (Å²) in [5.74, 6) is 0.00767. The minimum atomic E-state index is -3.52. The van der Waals surface area contributed by atoms with Crippen molar-refractivity contribution in [3.63, 3.8) is 0 Å². The fourth-order valence-corrected chi connectivity index (χ4v) is 4.74. The van der Waals surface area contributed by atoms with Crippen molar-refractivity contribution in [1.82, 2.24) is 19.8 Å². The highest BCUT2D eigenvalue weighted by Gasteiger charge is 2.34. The maximum atomic E-state index is 12.6. The molecule has 0 saturated carbocycles. The van der Waals surface area contributed by atoms with Gasteiger partial charge in [-0.2, -0.15) is 0 Å². The van der Waals surface area contributed by atoms with Gasteiger partial charge in [-0.05, 0) is 37.0 Å². The molecule has 1 aromatic rings. The molecule has 1 unspecified atom stereocenters. The van der Waals surface area contributed by atoms with Crippen LogP contribution in [0.25, 0.3) is 0 Å². The highest BCUT2D eigenvalue weighted by atomic mass is 32.2. The van der Waals surface area contributed by atoms with Gasteiger partial charge >= 0.3 is 6.03 Å². The van der Waals surface area contributed by atoms with Gasteiger partial charge in [0.25, 0.3) is 0 Å². The third kappa shape index (κ3) is 3.93.